The van der Waals surface area contributed by atoms with E-state index < -0.39 is 0 Å². The van der Waals surface area contributed by atoms with Crippen LogP contribution in [0.2, 0.25) is 10.0 Å². The van der Waals surface area contributed by atoms with Crippen LogP contribution in [-0.4, -0.2) is 20.0 Å². The molecule has 0 heterocycles. The molecule has 0 fully saturated rings. The summed E-state index contributed by atoms with van der Waals surface area (Å²) < 4.78 is 0. The van der Waals surface area contributed by atoms with Crippen molar-refractivity contribution < 1.29 is 4.79 Å². The Kier molecular flexibility index (Phi) is 5.10. The van der Waals surface area contributed by atoms with Gasteiger partial charge in [0.15, 0.2) is 0 Å². The smallest absolute Gasteiger partial charge is 0.228 e. The van der Waals surface area contributed by atoms with Crippen molar-refractivity contribution in [2.45, 2.75) is 6.42 Å². The molecule has 0 saturated heterocycles. The van der Waals surface area contributed by atoms with Crippen molar-refractivity contribution >= 4 is 40.5 Å². The molecule has 0 radical (unpaired) electrons. The largest absolute Gasteiger partial charge is 0.375 e. The third-order valence-electron chi connectivity index (χ3n) is 2.99. The predicted octanol–water partition coefficient (Wildman–Crippen LogP) is 4.24. The number of amides is 1. The van der Waals surface area contributed by atoms with Crippen LogP contribution in [0.25, 0.3) is 0 Å². The monoisotopic (exact) mass is 322 g/mol. The highest BCUT2D eigenvalue weighted by Gasteiger charge is 2.12. The first kappa shape index (κ1) is 15.7. The third kappa shape index (κ3) is 4.13. The highest BCUT2D eigenvalue weighted by Crippen LogP contribution is 2.32. The minimum atomic E-state index is -0.0947. The van der Waals surface area contributed by atoms with Crippen molar-refractivity contribution in [3.8, 4) is 0 Å². The van der Waals surface area contributed by atoms with E-state index in [2.05, 4.69) is 5.32 Å². The van der Waals surface area contributed by atoms with Crippen LogP contribution in [0, 0.1) is 0 Å². The standard InChI is InChI=1S/C16H16Cl2N2O/c1-20(2)16-13(18)4-3-5-14(16)19-15(21)10-11-6-8-12(17)9-7-11/h3-9H,10H2,1-2H3,(H,19,21). The van der Waals surface area contributed by atoms with Gasteiger partial charge in [0.2, 0.25) is 5.91 Å². The lowest BCUT2D eigenvalue weighted by Crippen LogP contribution is -2.18. The van der Waals surface area contributed by atoms with Crippen molar-refractivity contribution in [3.63, 3.8) is 0 Å². The first-order valence-corrected chi connectivity index (χ1v) is 7.23. The van der Waals surface area contributed by atoms with E-state index in [1.54, 1.807) is 18.2 Å². The van der Waals surface area contributed by atoms with Crippen LogP contribution in [0.4, 0.5) is 11.4 Å². The quantitative estimate of drug-likeness (QED) is 0.913. The Hall–Kier alpha value is -1.71. The average Bonchev–Trinajstić information content (AvgIpc) is 2.41. The van der Waals surface area contributed by atoms with E-state index in [0.29, 0.717) is 15.7 Å². The molecule has 3 nitrogen and oxygen atoms in total. The second-order valence-electron chi connectivity index (χ2n) is 4.88. The molecule has 0 spiro atoms. The number of nitrogens with one attached hydrogen (secondary N) is 1. The summed E-state index contributed by atoms with van der Waals surface area (Å²) in [6.45, 7) is 0. The molecule has 0 aromatic heterocycles. The number of anilines is 2. The lowest BCUT2D eigenvalue weighted by atomic mass is 10.1. The van der Waals surface area contributed by atoms with E-state index >= 15 is 0 Å². The molecule has 0 atom stereocenters. The number of rotatable bonds is 4. The molecule has 0 aliphatic rings. The number of benzene rings is 2. The van der Waals surface area contributed by atoms with E-state index in [1.807, 2.05) is 43.3 Å². The van der Waals surface area contributed by atoms with Gasteiger partial charge in [-0.05, 0) is 29.8 Å². The lowest BCUT2D eigenvalue weighted by Gasteiger charge is -2.19. The second-order valence-corrected chi connectivity index (χ2v) is 5.73. The Morgan fingerprint density at radius 1 is 1.10 bits per heavy atom. The van der Waals surface area contributed by atoms with Gasteiger partial charge in [-0.2, -0.15) is 0 Å². The van der Waals surface area contributed by atoms with Crippen LogP contribution in [0.15, 0.2) is 42.5 Å². The predicted molar refractivity (Wildman–Crippen MR) is 89.6 cm³/mol. The summed E-state index contributed by atoms with van der Waals surface area (Å²) in [5, 5.41) is 4.16. The average molecular weight is 323 g/mol. The Morgan fingerprint density at radius 2 is 1.76 bits per heavy atom. The van der Waals surface area contributed by atoms with Gasteiger partial charge in [-0.25, -0.2) is 0 Å². The van der Waals surface area contributed by atoms with Gasteiger partial charge < -0.3 is 10.2 Å². The van der Waals surface area contributed by atoms with Gasteiger partial charge in [0.05, 0.1) is 22.8 Å². The Balaban J connectivity index is 2.13. The number of carbonyl (C=O) groups excluding carboxylic acids is 1. The zero-order chi connectivity index (χ0) is 15.4. The molecule has 0 aliphatic carbocycles. The number of nitrogens with zero attached hydrogens (tertiary/aromatic N) is 1. The summed E-state index contributed by atoms with van der Waals surface area (Å²) in [7, 11) is 3.77. The molecule has 110 valence electrons. The van der Waals surface area contributed by atoms with Crippen LogP contribution in [0.3, 0.4) is 0 Å². The fraction of sp³-hybridized carbons (Fsp3) is 0.188. The van der Waals surface area contributed by atoms with Crippen LogP contribution in [0.5, 0.6) is 0 Å². The van der Waals surface area contributed by atoms with Crippen molar-refractivity contribution in [1.82, 2.24) is 0 Å². The topological polar surface area (TPSA) is 32.3 Å². The fourth-order valence-electron chi connectivity index (χ4n) is 2.05. The van der Waals surface area contributed by atoms with Gasteiger partial charge in [-0.15, -0.1) is 0 Å². The molecule has 0 unspecified atom stereocenters. The van der Waals surface area contributed by atoms with Crippen molar-refractivity contribution in [1.29, 1.82) is 0 Å². The molecule has 2 aromatic rings. The molecule has 2 rings (SSSR count). The molecule has 1 N–H and O–H groups in total. The number of para-hydroxylation sites is 1. The zero-order valence-electron chi connectivity index (χ0n) is 11.9. The maximum atomic E-state index is 12.1. The Labute approximate surface area is 134 Å². The first-order valence-electron chi connectivity index (χ1n) is 6.47. The molecular weight excluding hydrogens is 307 g/mol. The Morgan fingerprint density at radius 3 is 2.38 bits per heavy atom. The van der Waals surface area contributed by atoms with Crippen LogP contribution >= 0.6 is 23.2 Å². The number of hydrogen-bond donors (Lipinski definition) is 1. The van der Waals surface area contributed by atoms with E-state index in [1.165, 1.54) is 0 Å². The van der Waals surface area contributed by atoms with Crippen molar-refractivity contribution in [2.75, 3.05) is 24.3 Å². The van der Waals surface area contributed by atoms with E-state index in [0.717, 1.165) is 11.3 Å². The summed E-state index contributed by atoms with van der Waals surface area (Å²) in [4.78, 5) is 14.0. The van der Waals surface area contributed by atoms with Gasteiger partial charge in [0, 0.05) is 19.1 Å². The van der Waals surface area contributed by atoms with Gasteiger partial charge in [0.1, 0.15) is 0 Å². The van der Waals surface area contributed by atoms with E-state index in [9.17, 15) is 4.79 Å². The number of hydrogen-bond acceptors (Lipinski definition) is 2. The second kappa shape index (κ2) is 6.83. The maximum Gasteiger partial charge on any atom is 0.228 e. The van der Waals surface area contributed by atoms with E-state index in [4.69, 9.17) is 23.2 Å². The Bertz CT molecular complexity index is 639. The summed E-state index contributed by atoms with van der Waals surface area (Å²) >= 11 is 12.0. The molecule has 0 aliphatic heterocycles. The minimum Gasteiger partial charge on any atom is -0.375 e. The molecular formula is C16H16Cl2N2O. The molecule has 1 amide bonds. The molecule has 2 aromatic carbocycles. The van der Waals surface area contributed by atoms with Gasteiger partial charge in [-0.3, -0.25) is 4.79 Å². The van der Waals surface area contributed by atoms with Crippen LogP contribution in [0.1, 0.15) is 5.56 Å². The zero-order valence-corrected chi connectivity index (χ0v) is 13.4. The molecule has 5 heteroatoms. The van der Waals surface area contributed by atoms with E-state index in [-0.39, 0.29) is 12.3 Å². The van der Waals surface area contributed by atoms with Crippen molar-refractivity contribution in [2.24, 2.45) is 0 Å². The summed E-state index contributed by atoms with van der Waals surface area (Å²) in [6, 6.07) is 12.7. The highest BCUT2D eigenvalue weighted by atomic mass is 35.5. The maximum absolute atomic E-state index is 12.1. The highest BCUT2D eigenvalue weighted by molar-refractivity contribution is 6.34. The molecule has 21 heavy (non-hydrogen) atoms. The molecule has 0 bridgehead atoms. The SMILES string of the molecule is CN(C)c1c(Cl)cccc1NC(=O)Cc1ccc(Cl)cc1. The summed E-state index contributed by atoms with van der Waals surface area (Å²) in [5.41, 5.74) is 2.40. The first-order chi connectivity index (χ1) is 9.97. The normalized spacial score (nSPS) is 10.3. The minimum absolute atomic E-state index is 0.0947. The number of carbonyl (C=O) groups is 1. The van der Waals surface area contributed by atoms with Crippen LogP contribution in [-0.2, 0) is 11.2 Å². The van der Waals surface area contributed by atoms with Crippen molar-refractivity contribution in [3.05, 3.63) is 58.1 Å². The van der Waals surface area contributed by atoms with Gasteiger partial charge in [-0.1, -0.05) is 41.4 Å². The lowest BCUT2D eigenvalue weighted by molar-refractivity contribution is -0.115. The summed E-state index contributed by atoms with van der Waals surface area (Å²) in [6.07, 6.45) is 0.288. The molecule has 0 saturated carbocycles. The number of halogens is 2. The van der Waals surface area contributed by atoms with Gasteiger partial charge in [0.25, 0.3) is 0 Å². The fourth-order valence-corrected chi connectivity index (χ4v) is 2.52. The van der Waals surface area contributed by atoms with Gasteiger partial charge >= 0.3 is 0 Å². The van der Waals surface area contributed by atoms with Crippen LogP contribution < -0.4 is 10.2 Å². The summed E-state index contributed by atoms with van der Waals surface area (Å²) in [5.74, 6) is -0.0947. The third-order valence-corrected chi connectivity index (χ3v) is 3.54.